The van der Waals surface area contributed by atoms with Crippen LogP contribution in [0, 0.1) is 0 Å². The van der Waals surface area contributed by atoms with Crippen molar-refractivity contribution in [3.63, 3.8) is 0 Å². The molecule has 1 aliphatic rings. The van der Waals surface area contributed by atoms with Crippen molar-refractivity contribution in [3.8, 4) is 0 Å². The molecule has 0 bridgehead atoms. The maximum Gasteiger partial charge on any atom is 0.416 e. The molecule has 0 atom stereocenters. The molecule has 1 aliphatic heterocycles. The van der Waals surface area contributed by atoms with Crippen LogP contribution >= 0.6 is 0 Å². The van der Waals surface area contributed by atoms with Crippen LogP contribution in [0.4, 0.5) is 32.2 Å². The first-order valence-corrected chi connectivity index (χ1v) is 9.65. The zero-order valence-electron chi connectivity index (χ0n) is 14.6. The number of hydrogen-bond donors (Lipinski definition) is 0. The number of alkyl halides is 6. The summed E-state index contributed by atoms with van der Waals surface area (Å²) in [6.45, 7) is 0.0546. The molecule has 2 heterocycles. The summed E-state index contributed by atoms with van der Waals surface area (Å²) in [5.41, 5.74) is -3.35. The van der Waals surface area contributed by atoms with Gasteiger partial charge >= 0.3 is 12.4 Å². The van der Waals surface area contributed by atoms with Crippen LogP contribution in [-0.2, 0) is 22.4 Å². The third-order valence-corrected chi connectivity index (χ3v) is 6.20. The molecule has 1 aromatic heterocycles. The fourth-order valence-corrected chi connectivity index (χ4v) is 4.34. The number of aromatic nitrogens is 2. The normalized spacial score (nSPS) is 16.8. The maximum atomic E-state index is 13.0. The van der Waals surface area contributed by atoms with Gasteiger partial charge in [-0.1, -0.05) is 0 Å². The van der Waals surface area contributed by atoms with Gasteiger partial charge in [0.05, 0.1) is 16.0 Å². The van der Waals surface area contributed by atoms with Crippen LogP contribution in [0.2, 0.25) is 0 Å². The molecule has 0 radical (unpaired) electrons. The average Bonchev–Trinajstić information content (AvgIpc) is 2.67. The lowest BCUT2D eigenvalue weighted by molar-refractivity contribution is -0.143. The Bertz CT molecular complexity index is 939. The second kappa shape index (κ2) is 7.44. The zero-order chi connectivity index (χ0) is 21.4. The van der Waals surface area contributed by atoms with E-state index < -0.39 is 38.4 Å². The van der Waals surface area contributed by atoms with Crippen molar-refractivity contribution >= 4 is 15.8 Å². The highest BCUT2D eigenvalue weighted by atomic mass is 32.2. The third kappa shape index (κ3) is 4.61. The van der Waals surface area contributed by atoms with Crippen molar-refractivity contribution in [3.05, 3.63) is 47.7 Å². The van der Waals surface area contributed by atoms with Gasteiger partial charge in [0.25, 0.3) is 0 Å². The van der Waals surface area contributed by atoms with Crippen molar-refractivity contribution in [1.82, 2.24) is 14.5 Å². The van der Waals surface area contributed by atoms with E-state index in [1.165, 1.54) is 6.20 Å². The van der Waals surface area contributed by atoms with E-state index in [4.69, 9.17) is 0 Å². The van der Waals surface area contributed by atoms with E-state index >= 15 is 0 Å². The summed E-state index contributed by atoms with van der Waals surface area (Å²) in [7, 11) is -4.56. The van der Waals surface area contributed by atoms with Gasteiger partial charge in [-0.15, -0.1) is 5.10 Å². The van der Waals surface area contributed by atoms with Crippen molar-refractivity contribution in [2.24, 2.45) is 0 Å². The average molecular weight is 440 g/mol. The first-order chi connectivity index (χ1) is 13.4. The number of rotatable bonds is 3. The van der Waals surface area contributed by atoms with Gasteiger partial charge in [0, 0.05) is 32.4 Å². The molecule has 29 heavy (non-hydrogen) atoms. The lowest BCUT2D eigenvalue weighted by Crippen LogP contribution is -2.49. The molecule has 13 heteroatoms. The number of piperazine rings is 1. The van der Waals surface area contributed by atoms with Crippen LogP contribution in [0.25, 0.3) is 0 Å². The summed E-state index contributed by atoms with van der Waals surface area (Å²) in [5, 5.41) is 7.59. The minimum absolute atomic E-state index is 0.106. The summed E-state index contributed by atoms with van der Waals surface area (Å²) < 4.78 is 104. The number of sulfonamides is 1. The number of nitrogens with zero attached hydrogens (tertiary/aromatic N) is 4. The summed E-state index contributed by atoms with van der Waals surface area (Å²) in [6.07, 6.45) is -8.80. The van der Waals surface area contributed by atoms with Crippen molar-refractivity contribution in [2.75, 3.05) is 31.1 Å². The van der Waals surface area contributed by atoms with Crippen molar-refractivity contribution in [2.45, 2.75) is 17.2 Å². The molecule has 0 spiro atoms. The molecule has 0 aliphatic carbocycles. The first-order valence-electron chi connectivity index (χ1n) is 8.21. The second-order valence-corrected chi connectivity index (χ2v) is 8.15. The Balaban J connectivity index is 1.90. The lowest BCUT2D eigenvalue weighted by Gasteiger charge is -2.34. The number of benzene rings is 1. The van der Waals surface area contributed by atoms with E-state index in [2.05, 4.69) is 10.2 Å². The van der Waals surface area contributed by atoms with Crippen LogP contribution in [0.1, 0.15) is 11.1 Å². The molecule has 0 N–H and O–H groups in total. The summed E-state index contributed by atoms with van der Waals surface area (Å²) in [6, 6.07) is 3.62. The van der Waals surface area contributed by atoms with Gasteiger partial charge in [0.2, 0.25) is 10.0 Å². The largest absolute Gasteiger partial charge is 0.416 e. The highest BCUT2D eigenvalue weighted by Crippen LogP contribution is 2.37. The molecule has 0 unspecified atom stereocenters. The van der Waals surface area contributed by atoms with Crippen molar-refractivity contribution in [1.29, 1.82) is 0 Å². The Morgan fingerprint density at radius 3 is 1.86 bits per heavy atom. The first kappa shape index (κ1) is 21.3. The van der Waals surface area contributed by atoms with Crippen molar-refractivity contribution < 1.29 is 34.8 Å². The number of halogens is 6. The molecular weight excluding hydrogens is 426 g/mol. The van der Waals surface area contributed by atoms with Gasteiger partial charge in [0.15, 0.2) is 5.82 Å². The van der Waals surface area contributed by atoms with Crippen LogP contribution in [0.5, 0.6) is 0 Å². The fourth-order valence-electron chi connectivity index (χ4n) is 2.84. The monoisotopic (exact) mass is 440 g/mol. The van der Waals surface area contributed by atoms with E-state index in [1.807, 2.05) is 0 Å². The molecule has 2 aromatic rings. The lowest BCUT2D eigenvalue weighted by atomic mass is 10.1. The summed E-state index contributed by atoms with van der Waals surface area (Å²) >= 11 is 0. The Labute approximate surface area is 161 Å². The predicted octanol–water partition coefficient (Wildman–Crippen LogP) is 3.03. The molecule has 1 fully saturated rings. The molecule has 0 amide bonds. The second-order valence-electron chi connectivity index (χ2n) is 6.21. The number of anilines is 1. The van der Waals surface area contributed by atoms with E-state index in [0.29, 0.717) is 5.82 Å². The molecular formula is C16H14F6N4O2S. The SMILES string of the molecule is O=S(=O)(c1cc(C(F)(F)F)cc(C(F)(F)F)c1)N1CCN(c2cccnn2)CC1. The zero-order valence-corrected chi connectivity index (χ0v) is 15.4. The Kier molecular flexibility index (Phi) is 5.47. The minimum Gasteiger partial charge on any atom is -0.352 e. The van der Waals surface area contributed by atoms with Gasteiger partial charge in [-0.25, -0.2) is 8.42 Å². The standard InChI is InChI=1S/C16H14F6N4O2S/c17-15(18,19)11-8-12(16(20,21)22)10-13(9-11)29(27,28)26-6-4-25(5-7-26)14-2-1-3-23-24-14/h1-3,8-10H,4-7H2. The van der Waals surface area contributed by atoms with Crippen LogP contribution in [-0.4, -0.2) is 49.1 Å². The molecule has 158 valence electrons. The summed E-state index contributed by atoms with van der Waals surface area (Å²) in [4.78, 5) is 0.666. The Morgan fingerprint density at radius 1 is 0.862 bits per heavy atom. The van der Waals surface area contributed by atoms with Gasteiger partial charge in [-0.3, -0.25) is 0 Å². The van der Waals surface area contributed by atoms with Crippen LogP contribution < -0.4 is 4.90 Å². The molecule has 1 saturated heterocycles. The minimum atomic E-state index is -5.13. The topological polar surface area (TPSA) is 66.4 Å². The Morgan fingerprint density at radius 2 is 1.41 bits per heavy atom. The molecule has 0 saturated carbocycles. The van der Waals surface area contributed by atoms with E-state index in [1.54, 1.807) is 17.0 Å². The summed E-state index contributed by atoms with van der Waals surface area (Å²) in [5.74, 6) is 0.489. The maximum absolute atomic E-state index is 13.0. The fraction of sp³-hybridized carbons (Fsp3) is 0.375. The molecule has 3 rings (SSSR count). The van der Waals surface area contributed by atoms with E-state index in [-0.39, 0.29) is 44.4 Å². The highest BCUT2D eigenvalue weighted by molar-refractivity contribution is 7.89. The van der Waals surface area contributed by atoms with Gasteiger partial charge in [-0.2, -0.15) is 35.7 Å². The van der Waals surface area contributed by atoms with Crippen LogP contribution in [0.15, 0.2) is 41.4 Å². The van der Waals surface area contributed by atoms with E-state index in [0.717, 1.165) is 4.31 Å². The van der Waals surface area contributed by atoms with Crippen LogP contribution in [0.3, 0.4) is 0 Å². The van der Waals surface area contributed by atoms with E-state index in [9.17, 15) is 34.8 Å². The quantitative estimate of drug-likeness (QED) is 0.687. The Hall–Kier alpha value is -2.41. The molecule has 6 nitrogen and oxygen atoms in total. The molecule has 1 aromatic carbocycles. The van der Waals surface area contributed by atoms with Gasteiger partial charge in [-0.05, 0) is 30.3 Å². The van der Waals surface area contributed by atoms with Gasteiger partial charge < -0.3 is 4.90 Å². The smallest absolute Gasteiger partial charge is 0.352 e. The highest BCUT2D eigenvalue weighted by Gasteiger charge is 2.39. The number of hydrogen-bond acceptors (Lipinski definition) is 5. The predicted molar refractivity (Wildman–Crippen MR) is 89.4 cm³/mol. The van der Waals surface area contributed by atoms with Gasteiger partial charge in [0.1, 0.15) is 0 Å². The third-order valence-electron chi connectivity index (χ3n) is 4.32.